The summed E-state index contributed by atoms with van der Waals surface area (Å²) in [5.41, 5.74) is 1.18. The molecular weight excluding hydrogens is 375 g/mol. The lowest BCUT2D eigenvalue weighted by Crippen LogP contribution is -2.42. The highest BCUT2D eigenvalue weighted by Gasteiger charge is 2.15. The molecule has 0 saturated heterocycles. The Morgan fingerprint density at radius 3 is 2.52 bits per heavy atom. The zero-order valence-electron chi connectivity index (χ0n) is 12.8. The summed E-state index contributed by atoms with van der Waals surface area (Å²) < 4.78 is 0. The monoisotopic (exact) mass is 402 g/mol. The van der Waals surface area contributed by atoms with Gasteiger partial charge in [0, 0.05) is 31.9 Å². The van der Waals surface area contributed by atoms with Gasteiger partial charge in [0.15, 0.2) is 5.96 Å². The molecule has 21 heavy (non-hydrogen) atoms. The molecule has 0 aliphatic heterocycles. The first-order valence-corrected chi connectivity index (χ1v) is 7.64. The van der Waals surface area contributed by atoms with Crippen molar-refractivity contribution in [1.82, 2.24) is 10.6 Å². The van der Waals surface area contributed by atoms with Crippen molar-refractivity contribution in [2.45, 2.75) is 38.1 Å². The van der Waals surface area contributed by atoms with E-state index in [1.165, 1.54) is 31.4 Å². The van der Waals surface area contributed by atoms with Crippen molar-refractivity contribution in [1.29, 1.82) is 0 Å². The lowest BCUT2D eigenvalue weighted by atomic mass is 10.2. The predicted octanol–water partition coefficient (Wildman–Crippen LogP) is 3.21. The van der Waals surface area contributed by atoms with Crippen molar-refractivity contribution < 1.29 is 0 Å². The molecule has 1 aromatic rings. The number of hydrogen-bond acceptors (Lipinski definition) is 2. The van der Waals surface area contributed by atoms with Crippen LogP contribution in [0.25, 0.3) is 0 Å². The van der Waals surface area contributed by atoms with Crippen molar-refractivity contribution in [3.05, 3.63) is 30.3 Å². The third-order valence-electron chi connectivity index (χ3n) is 3.67. The zero-order chi connectivity index (χ0) is 14.0. The smallest absolute Gasteiger partial charge is 0.191 e. The third-order valence-corrected chi connectivity index (χ3v) is 3.67. The molecule has 0 radical (unpaired) electrons. The molecular formula is C16H27IN4. The molecule has 0 heterocycles. The number of nitrogens with zero attached hydrogens (tertiary/aromatic N) is 1. The van der Waals surface area contributed by atoms with E-state index in [0.717, 1.165) is 25.5 Å². The molecule has 1 aliphatic rings. The molecule has 0 amide bonds. The van der Waals surface area contributed by atoms with E-state index >= 15 is 0 Å². The second kappa shape index (κ2) is 10.7. The van der Waals surface area contributed by atoms with Gasteiger partial charge in [0.05, 0.1) is 0 Å². The van der Waals surface area contributed by atoms with Crippen molar-refractivity contribution in [2.24, 2.45) is 4.99 Å². The highest BCUT2D eigenvalue weighted by molar-refractivity contribution is 14.0. The van der Waals surface area contributed by atoms with Crippen molar-refractivity contribution in [3.8, 4) is 0 Å². The summed E-state index contributed by atoms with van der Waals surface area (Å²) in [6.07, 6.45) is 6.30. The first-order valence-electron chi connectivity index (χ1n) is 7.64. The molecule has 2 rings (SSSR count). The number of guanidine groups is 1. The molecule has 5 heteroatoms. The molecule has 0 unspecified atom stereocenters. The van der Waals surface area contributed by atoms with Crippen LogP contribution in [-0.2, 0) is 0 Å². The number of benzene rings is 1. The first kappa shape index (κ1) is 18.1. The number of hydrogen-bond donors (Lipinski definition) is 3. The minimum Gasteiger partial charge on any atom is -0.385 e. The highest BCUT2D eigenvalue weighted by Crippen LogP contribution is 2.17. The Labute approximate surface area is 145 Å². The Hall–Kier alpha value is -0.980. The van der Waals surface area contributed by atoms with E-state index in [0.29, 0.717) is 6.04 Å². The quantitative estimate of drug-likeness (QED) is 0.297. The molecule has 1 fully saturated rings. The van der Waals surface area contributed by atoms with Gasteiger partial charge in [0.1, 0.15) is 0 Å². The third kappa shape index (κ3) is 7.02. The van der Waals surface area contributed by atoms with Crippen LogP contribution >= 0.6 is 24.0 Å². The maximum atomic E-state index is 4.28. The molecule has 118 valence electrons. The van der Waals surface area contributed by atoms with Gasteiger partial charge < -0.3 is 16.0 Å². The van der Waals surface area contributed by atoms with E-state index in [1.807, 2.05) is 25.2 Å². The van der Waals surface area contributed by atoms with Crippen LogP contribution in [0.2, 0.25) is 0 Å². The highest BCUT2D eigenvalue weighted by atomic mass is 127. The van der Waals surface area contributed by atoms with Crippen LogP contribution < -0.4 is 16.0 Å². The number of halogens is 1. The molecule has 0 atom stereocenters. The summed E-state index contributed by atoms with van der Waals surface area (Å²) in [5.74, 6) is 0.941. The fraction of sp³-hybridized carbons (Fsp3) is 0.562. The summed E-state index contributed by atoms with van der Waals surface area (Å²) >= 11 is 0. The zero-order valence-corrected chi connectivity index (χ0v) is 15.1. The molecule has 1 aliphatic carbocycles. The fourth-order valence-electron chi connectivity index (χ4n) is 2.54. The van der Waals surface area contributed by atoms with Gasteiger partial charge in [-0.3, -0.25) is 4.99 Å². The summed E-state index contributed by atoms with van der Waals surface area (Å²) in [4.78, 5) is 4.28. The van der Waals surface area contributed by atoms with Crippen LogP contribution in [0.1, 0.15) is 32.1 Å². The summed E-state index contributed by atoms with van der Waals surface area (Å²) in [6.45, 7) is 1.91. The first-order chi connectivity index (χ1) is 9.88. The van der Waals surface area contributed by atoms with Crippen LogP contribution in [0.5, 0.6) is 0 Å². The van der Waals surface area contributed by atoms with Crippen molar-refractivity contribution in [2.75, 3.05) is 25.5 Å². The molecule has 0 aromatic heterocycles. The number of nitrogens with one attached hydrogen (secondary N) is 3. The minimum atomic E-state index is 0. The van der Waals surface area contributed by atoms with Crippen LogP contribution in [0.3, 0.4) is 0 Å². The lowest BCUT2D eigenvalue weighted by Gasteiger charge is -2.16. The van der Waals surface area contributed by atoms with Crippen LogP contribution in [0.4, 0.5) is 5.69 Å². The van der Waals surface area contributed by atoms with Crippen LogP contribution in [0, 0.1) is 0 Å². The van der Waals surface area contributed by atoms with Crippen LogP contribution in [-0.4, -0.2) is 32.1 Å². The summed E-state index contributed by atoms with van der Waals surface area (Å²) in [5, 5.41) is 10.3. The number of anilines is 1. The standard InChI is InChI=1S/C16H26N4.HI/c1-17-16(20-15-10-5-6-11-15)19-13-7-12-18-14-8-3-2-4-9-14;/h2-4,8-9,15,18H,5-7,10-13H2,1H3,(H2,17,19,20);1H. The van der Waals surface area contributed by atoms with Gasteiger partial charge in [-0.2, -0.15) is 0 Å². The van der Waals surface area contributed by atoms with Gasteiger partial charge in [-0.05, 0) is 31.4 Å². The largest absolute Gasteiger partial charge is 0.385 e. The van der Waals surface area contributed by atoms with Crippen molar-refractivity contribution >= 4 is 35.6 Å². The van der Waals surface area contributed by atoms with Gasteiger partial charge in [-0.1, -0.05) is 31.0 Å². The summed E-state index contributed by atoms with van der Waals surface area (Å²) in [7, 11) is 1.84. The Balaban J connectivity index is 0.00000220. The Morgan fingerprint density at radius 1 is 1.14 bits per heavy atom. The average molecular weight is 402 g/mol. The Morgan fingerprint density at radius 2 is 1.86 bits per heavy atom. The predicted molar refractivity (Wildman–Crippen MR) is 102 cm³/mol. The number of aliphatic imine (C=N–C) groups is 1. The average Bonchev–Trinajstić information content (AvgIpc) is 3.00. The number of para-hydroxylation sites is 1. The maximum absolute atomic E-state index is 4.28. The van der Waals surface area contributed by atoms with E-state index in [4.69, 9.17) is 0 Å². The second-order valence-electron chi connectivity index (χ2n) is 5.27. The maximum Gasteiger partial charge on any atom is 0.191 e. The Kier molecular flexibility index (Phi) is 9.21. The van der Waals surface area contributed by atoms with Crippen LogP contribution in [0.15, 0.2) is 35.3 Å². The minimum absolute atomic E-state index is 0. The fourth-order valence-corrected chi connectivity index (χ4v) is 2.54. The van der Waals surface area contributed by atoms with E-state index < -0.39 is 0 Å². The molecule has 0 bridgehead atoms. The van der Waals surface area contributed by atoms with Gasteiger partial charge >= 0.3 is 0 Å². The van der Waals surface area contributed by atoms with E-state index in [1.54, 1.807) is 0 Å². The number of rotatable bonds is 6. The van der Waals surface area contributed by atoms with E-state index in [-0.39, 0.29) is 24.0 Å². The summed E-state index contributed by atoms with van der Waals surface area (Å²) in [6, 6.07) is 10.9. The normalized spacial score (nSPS) is 15.4. The SMILES string of the molecule is CN=C(NCCCNc1ccccc1)NC1CCCC1.I. The lowest BCUT2D eigenvalue weighted by molar-refractivity contribution is 0.612. The van der Waals surface area contributed by atoms with Gasteiger partial charge in [-0.15, -0.1) is 24.0 Å². The molecule has 0 spiro atoms. The molecule has 3 N–H and O–H groups in total. The molecule has 1 aromatic carbocycles. The Bertz CT molecular complexity index is 402. The van der Waals surface area contributed by atoms with Gasteiger partial charge in [0.2, 0.25) is 0 Å². The second-order valence-corrected chi connectivity index (χ2v) is 5.27. The topological polar surface area (TPSA) is 48.5 Å². The van der Waals surface area contributed by atoms with Gasteiger partial charge in [0.25, 0.3) is 0 Å². The molecule has 1 saturated carbocycles. The molecule has 4 nitrogen and oxygen atoms in total. The van der Waals surface area contributed by atoms with Gasteiger partial charge in [-0.25, -0.2) is 0 Å². The van der Waals surface area contributed by atoms with E-state index in [2.05, 4.69) is 33.1 Å². The van der Waals surface area contributed by atoms with Crippen molar-refractivity contribution in [3.63, 3.8) is 0 Å². The van der Waals surface area contributed by atoms with E-state index in [9.17, 15) is 0 Å².